The van der Waals surface area contributed by atoms with Crippen LogP contribution in [0, 0.1) is 6.92 Å². The number of aromatic nitrogens is 1. The zero-order valence-electron chi connectivity index (χ0n) is 14.6. The van der Waals surface area contributed by atoms with E-state index in [2.05, 4.69) is 6.92 Å². The van der Waals surface area contributed by atoms with Crippen LogP contribution in [0.25, 0.3) is 0 Å². The molecule has 2 aromatic rings. The van der Waals surface area contributed by atoms with Gasteiger partial charge in [0.15, 0.2) is 5.75 Å². The van der Waals surface area contributed by atoms with Crippen LogP contribution < -0.4 is 10.2 Å². The summed E-state index contributed by atoms with van der Waals surface area (Å²) in [4.78, 5) is 12.3. The number of ether oxygens (including phenoxy) is 1. The third-order valence-corrected chi connectivity index (χ3v) is 4.19. The summed E-state index contributed by atoms with van der Waals surface area (Å²) in [5.41, 5.74) is 2.27. The van der Waals surface area contributed by atoms with Crippen molar-refractivity contribution in [2.45, 2.75) is 59.3 Å². The molecule has 4 heteroatoms. The summed E-state index contributed by atoms with van der Waals surface area (Å²) in [5, 5.41) is 9.81. The minimum Gasteiger partial charge on any atom is -0.483 e. The predicted molar refractivity (Wildman–Crippen MR) is 96.3 cm³/mol. The average Bonchev–Trinajstić information content (AvgIpc) is 2.59. The Hall–Kier alpha value is -2.07. The molecule has 0 saturated carbocycles. The number of aliphatic hydroxyl groups excluding tert-OH is 1. The molecule has 1 aromatic carbocycles. The smallest absolute Gasteiger partial charge is 0.224 e. The van der Waals surface area contributed by atoms with Gasteiger partial charge in [0.05, 0.1) is 12.3 Å². The minimum absolute atomic E-state index is 0.169. The van der Waals surface area contributed by atoms with Gasteiger partial charge in [-0.05, 0) is 18.9 Å². The summed E-state index contributed by atoms with van der Waals surface area (Å²) >= 11 is 0. The second-order valence-electron chi connectivity index (χ2n) is 6.07. The number of pyridine rings is 1. The molecule has 1 aromatic heterocycles. The third kappa shape index (κ3) is 4.71. The molecule has 130 valence electrons. The first-order chi connectivity index (χ1) is 11.7. The molecule has 0 aliphatic heterocycles. The number of benzene rings is 1. The first-order valence-electron chi connectivity index (χ1n) is 8.68. The minimum atomic E-state index is -0.200. The molecule has 0 unspecified atom stereocenters. The van der Waals surface area contributed by atoms with E-state index in [-0.39, 0.29) is 17.8 Å². The van der Waals surface area contributed by atoms with Crippen LogP contribution in [0.4, 0.5) is 0 Å². The van der Waals surface area contributed by atoms with Crippen molar-refractivity contribution in [2.75, 3.05) is 0 Å². The Balaban J connectivity index is 2.21. The highest BCUT2D eigenvalue weighted by molar-refractivity contribution is 5.31. The fraction of sp³-hybridized carbons (Fsp3) is 0.450. The normalized spacial score (nSPS) is 10.8. The third-order valence-electron chi connectivity index (χ3n) is 4.19. The highest BCUT2D eigenvalue weighted by atomic mass is 16.5. The van der Waals surface area contributed by atoms with E-state index in [0.29, 0.717) is 12.3 Å². The van der Waals surface area contributed by atoms with Crippen molar-refractivity contribution in [1.82, 2.24) is 4.57 Å². The standard InChI is InChI=1S/C20H27NO3/c1-3-4-5-9-12-21-16(2)13-19(23)20(18(21)14-22)24-15-17-10-7-6-8-11-17/h6-8,10-11,13,22H,3-5,9,12,14-15H2,1-2H3. The lowest BCUT2D eigenvalue weighted by atomic mass is 10.2. The number of nitrogens with zero attached hydrogens (tertiary/aromatic N) is 1. The summed E-state index contributed by atoms with van der Waals surface area (Å²) in [6.07, 6.45) is 4.56. The van der Waals surface area contributed by atoms with Crippen molar-refractivity contribution >= 4 is 0 Å². The van der Waals surface area contributed by atoms with Crippen LogP contribution in [0.15, 0.2) is 41.2 Å². The van der Waals surface area contributed by atoms with Gasteiger partial charge in [-0.1, -0.05) is 56.5 Å². The van der Waals surface area contributed by atoms with Crippen molar-refractivity contribution in [1.29, 1.82) is 0 Å². The van der Waals surface area contributed by atoms with E-state index < -0.39 is 0 Å². The number of aliphatic hydroxyl groups is 1. The Morgan fingerprint density at radius 2 is 1.88 bits per heavy atom. The van der Waals surface area contributed by atoms with Gasteiger partial charge in [-0.3, -0.25) is 4.79 Å². The maximum absolute atomic E-state index is 12.3. The lowest BCUT2D eigenvalue weighted by molar-refractivity contribution is 0.242. The second-order valence-corrected chi connectivity index (χ2v) is 6.07. The van der Waals surface area contributed by atoms with Crippen LogP contribution in [-0.2, 0) is 19.8 Å². The first kappa shape index (κ1) is 18.3. The van der Waals surface area contributed by atoms with Crippen LogP contribution in [0.3, 0.4) is 0 Å². The van der Waals surface area contributed by atoms with E-state index in [1.165, 1.54) is 12.8 Å². The van der Waals surface area contributed by atoms with E-state index in [4.69, 9.17) is 4.74 Å². The van der Waals surface area contributed by atoms with E-state index in [1.54, 1.807) is 6.07 Å². The Labute approximate surface area is 143 Å². The molecule has 4 nitrogen and oxygen atoms in total. The summed E-state index contributed by atoms with van der Waals surface area (Å²) in [5.74, 6) is 0.266. The fourth-order valence-corrected chi connectivity index (χ4v) is 2.86. The van der Waals surface area contributed by atoms with E-state index >= 15 is 0 Å². The number of unbranched alkanes of at least 4 members (excludes halogenated alkanes) is 3. The summed E-state index contributed by atoms with van der Waals surface area (Å²) < 4.78 is 7.79. The lowest BCUT2D eigenvalue weighted by Crippen LogP contribution is -2.20. The number of hydrogen-bond acceptors (Lipinski definition) is 3. The van der Waals surface area contributed by atoms with Crippen molar-refractivity contribution in [3.8, 4) is 5.75 Å². The Kier molecular flexibility index (Phi) is 7.07. The Bertz CT molecular complexity index is 692. The topological polar surface area (TPSA) is 51.5 Å². The summed E-state index contributed by atoms with van der Waals surface area (Å²) in [7, 11) is 0. The molecule has 24 heavy (non-hydrogen) atoms. The van der Waals surface area contributed by atoms with Gasteiger partial charge in [-0.25, -0.2) is 0 Å². The summed E-state index contributed by atoms with van der Waals surface area (Å²) in [6.45, 7) is 5.00. The number of rotatable bonds is 9. The molecule has 0 aliphatic rings. The van der Waals surface area contributed by atoms with Crippen molar-refractivity contribution < 1.29 is 9.84 Å². The molecule has 1 N–H and O–H groups in total. The molecule has 0 aliphatic carbocycles. The van der Waals surface area contributed by atoms with Gasteiger partial charge >= 0.3 is 0 Å². The monoisotopic (exact) mass is 329 g/mol. The molecule has 0 saturated heterocycles. The first-order valence-corrected chi connectivity index (χ1v) is 8.68. The van der Waals surface area contributed by atoms with Gasteiger partial charge in [0, 0.05) is 18.3 Å². The van der Waals surface area contributed by atoms with Crippen LogP contribution in [0.1, 0.15) is 49.6 Å². The number of hydrogen-bond donors (Lipinski definition) is 1. The average molecular weight is 329 g/mol. The van der Waals surface area contributed by atoms with Gasteiger partial charge < -0.3 is 14.4 Å². The van der Waals surface area contributed by atoms with Gasteiger partial charge in [-0.15, -0.1) is 0 Å². The molecule has 0 atom stereocenters. The molecule has 0 amide bonds. The second kappa shape index (κ2) is 9.28. The Morgan fingerprint density at radius 1 is 1.12 bits per heavy atom. The van der Waals surface area contributed by atoms with Gasteiger partial charge in [0.25, 0.3) is 0 Å². The maximum atomic E-state index is 12.3. The van der Waals surface area contributed by atoms with Crippen molar-refractivity contribution in [3.63, 3.8) is 0 Å². The SMILES string of the molecule is CCCCCCn1c(C)cc(=O)c(OCc2ccccc2)c1CO. The van der Waals surface area contributed by atoms with Crippen molar-refractivity contribution in [2.24, 2.45) is 0 Å². The van der Waals surface area contributed by atoms with Crippen molar-refractivity contribution in [3.05, 3.63) is 63.6 Å². The van der Waals surface area contributed by atoms with Crippen LogP contribution >= 0.6 is 0 Å². The Morgan fingerprint density at radius 3 is 2.54 bits per heavy atom. The molecule has 0 spiro atoms. The van der Waals surface area contributed by atoms with Gasteiger partial charge in [-0.2, -0.15) is 0 Å². The predicted octanol–water partition coefficient (Wildman–Crippen LogP) is 3.81. The molecule has 0 bridgehead atoms. The molecule has 0 radical (unpaired) electrons. The van der Waals surface area contributed by atoms with Gasteiger partial charge in [0.1, 0.15) is 6.61 Å². The molecular formula is C20H27NO3. The fourth-order valence-electron chi connectivity index (χ4n) is 2.86. The highest BCUT2D eigenvalue weighted by Crippen LogP contribution is 2.19. The summed E-state index contributed by atoms with van der Waals surface area (Å²) in [6, 6.07) is 11.3. The van der Waals surface area contributed by atoms with Crippen LogP contribution in [0.2, 0.25) is 0 Å². The van der Waals surface area contributed by atoms with E-state index in [9.17, 15) is 9.90 Å². The van der Waals surface area contributed by atoms with E-state index in [0.717, 1.165) is 30.6 Å². The lowest BCUT2D eigenvalue weighted by Gasteiger charge is -2.19. The molecule has 1 heterocycles. The molecular weight excluding hydrogens is 302 g/mol. The quantitative estimate of drug-likeness (QED) is 0.712. The zero-order chi connectivity index (χ0) is 17.4. The molecule has 2 rings (SSSR count). The van der Waals surface area contributed by atoms with E-state index in [1.807, 2.05) is 41.8 Å². The zero-order valence-corrected chi connectivity index (χ0v) is 14.6. The maximum Gasteiger partial charge on any atom is 0.224 e. The highest BCUT2D eigenvalue weighted by Gasteiger charge is 2.14. The number of aryl methyl sites for hydroxylation is 1. The van der Waals surface area contributed by atoms with Crippen LogP contribution in [-0.4, -0.2) is 9.67 Å². The van der Waals surface area contributed by atoms with Crippen LogP contribution in [0.5, 0.6) is 5.75 Å². The van der Waals surface area contributed by atoms with Gasteiger partial charge in [0.2, 0.25) is 5.43 Å². The molecule has 0 fully saturated rings. The largest absolute Gasteiger partial charge is 0.483 e.